The molecule has 0 fully saturated rings. The van der Waals surface area contributed by atoms with Crippen LogP contribution in [0.5, 0.6) is 0 Å². The molecular formula is C14H10Br2FN3O2. The second kappa shape index (κ2) is 6.10. The van der Waals surface area contributed by atoms with Crippen LogP contribution in [0.1, 0.15) is 21.6 Å². The minimum absolute atomic E-state index is 0.00598. The molecule has 0 radical (unpaired) electrons. The highest BCUT2D eigenvalue weighted by molar-refractivity contribution is 9.11. The van der Waals surface area contributed by atoms with Crippen LogP contribution < -0.4 is 5.73 Å². The Bertz CT molecular complexity index is 825. The first-order chi connectivity index (χ1) is 10.3. The van der Waals surface area contributed by atoms with Crippen LogP contribution in [0.25, 0.3) is 5.69 Å². The van der Waals surface area contributed by atoms with E-state index in [2.05, 4.69) is 31.9 Å². The van der Waals surface area contributed by atoms with Crippen molar-refractivity contribution in [2.75, 3.05) is 12.8 Å². The molecule has 2 N–H and O–H groups in total. The van der Waals surface area contributed by atoms with Crippen LogP contribution in [0.4, 0.5) is 10.1 Å². The number of benzene rings is 1. The van der Waals surface area contributed by atoms with Crippen molar-refractivity contribution < 1.29 is 13.9 Å². The zero-order chi connectivity index (χ0) is 16.6. The van der Waals surface area contributed by atoms with E-state index in [1.807, 2.05) is 6.07 Å². The number of esters is 1. The first-order valence-corrected chi connectivity index (χ1v) is 7.55. The number of carbonyl (C=O) groups is 1. The number of methoxy groups -OCH3 is 1. The molecule has 114 valence electrons. The van der Waals surface area contributed by atoms with Gasteiger partial charge in [-0.05, 0) is 44.8 Å². The molecule has 1 heterocycles. The Balaban J connectivity index is 2.88. The highest BCUT2D eigenvalue weighted by Gasteiger charge is 2.25. The summed E-state index contributed by atoms with van der Waals surface area (Å²) in [5, 5.41) is 9.12. The minimum atomic E-state index is -0.695. The van der Waals surface area contributed by atoms with Gasteiger partial charge in [0.15, 0.2) is 5.69 Å². The minimum Gasteiger partial charge on any atom is -0.464 e. The predicted molar refractivity (Wildman–Crippen MR) is 86.3 cm³/mol. The number of nitrogen functional groups attached to an aromatic ring is 1. The fourth-order valence-corrected chi connectivity index (χ4v) is 3.44. The van der Waals surface area contributed by atoms with E-state index in [-0.39, 0.29) is 16.9 Å². The van der Waals surface area contributed by atoms with Crippen LogP contribution in [0, 0.1) is 24.1 Å². The molecule has 0 bridgehead atoms. The molecule has 1 aromatic carbocycles. The third-order valence-electron chi connectivity index (χ3n) is 3.16. The second-order valence-corrected chi connectivity index (χ2v) is 6.05. The van der Waals surface area contributed by atoms with Crippen LogP contribution in [-0.2, 0) is 4.74 Å². The molecule has 0 aliphatic carbocycles. The number of aromatic nitrogens is 1. The quantitative estimate of drug-likeness (QED) is 0.736. The van der Waals surface area contributed by atoms with Crippen molar-refractivity contribution in [2.24, 2.45) is 0 Å². The molecule has 0 unspecified atom stereocenters. The molecule has 0 aliphatic rings. The lowest BCUT2D eigenvalue weighted by atomic mass is 10.2. The van der Waals surface area contributed by atoms with Crippen molar-refractivity contribution in [3.05, 3.63) is 43.8 Å². The smallest absolute Gasteiger partial charge is 0.357 e. The van der Waals surface area contributed by atoms with Crippen molar-refractivity contribution in [3.63, 3.8) is 0 Å². The van der Waals surface area contributed by atoms with Crippen molar-refractivity contribution in [3.8, 4) is 11.8 Å². The summed E-state index contributed by atoms with van der Waals surface area (Å²) in [7, 11) is 1.21. The van der Waals surface area contributed by atoms with E-state index in [1.54, 1.807) is 6.92 Å². The third-order valence-corrected chi connectivity index (χ3v) is 4.73. The van der Waals surface area contributed by atoms with Crippen molar-refractivity contribution >= 4 is 43.5 Å². The van der Waals surface area contributed by atoms with E-state index in [4.69, 9.17) is 15.7 Å². The highest BCUT2D eigenvalue weighted by Crippen LogP contribution is 2.36. The molecule has 0 saturated carbocycles. The molecule has 5 nitrogen and oxygen atoms in total. The summed E-state index contributed by atoms with van der Waals surface area (Å²) in [6.07, 6.45) is 1.41. The molecule has 0 spiro atoms. The molecule has 22 heavy (non-hydrogen) atoms. The summed E-state index contributed by atoms with van der Waals surface area (Å²) in [4.78, 5) is 12.0. The Morgan fingerprint density at radius 3 is 2.68 bits per heavy atom. The van der Waals surface area contributed by atoms with Crippen LogP contribution >= 0.6 is 31.9 Å². The number of halogens is 3. The average Bonchev–Trinajstić information content (AvgIpc) is 2.80. The third kappa shape index (κ3) is 2.51. The Labute approximate surface area is 142 Å². The maximum absolute atomic E-state index is 13.8. The number of hydrogen-bond donors (Lipinski definition) is 1. The number of carbonyl (C=O) groups excluding carboxylic acids is 1. The fourth-order valence-electron chi connectivity index (χ4n) is 1.99. The summed E-state index contributed by atoms with van der Waals surface area (Å²) in [5.74, 6) is -1.11. The Morgan fingerprint density at radius 1 is 1.50 bits per heavy atom. The first kappa shape index (κ1) is 16.5. The second-order valence-electron chi connectivity index (χ2n) is 4.41. The molecule has 0 atom stereocenters. The normalized spacial score (nSPS) is 10.4. The van der Waals surface area contributed by atoms with E-state index >= 15 is 0 Å². The number of hydrogen-bond acceptors (Lipinski definition) is 4. The average molecular weight is 431 g/mol. The lowest BCUT2D eigenvalue weighted by Gasteiger charge is -2.14. The fraction of sp³-hybridized carbons (Fsp3) is 0.143. The van der Waals surface area contributed by atoms with Gasteiger partial charge in [-0.1, -0.05) is 0 Å². The van der Waals surface area contributed by atoms with E-state index in [0.717, 1.165) is 0 Å². The van der Waals surface area contributed by atoms with E-state index in [1.165, 1.54) is 23.9 Å². The summed E-state index contributed by atoms with van der Waals surface area (Å²) in [6, 6.07) is 3.19. The monoisotopic (exact) mass is 429 g/mol. The molecular weight excluding hydrogens is 421 g/mol. The number of ether oxygens (including phenoxy) is 1. The maximum atomic E-state index is 13.8. The van der Waals surface area contributed by atoms with E-state index in [0.29, 0.717) is 20.2 Å². The van der Waals surface area contributed by atoms with Gasteiger partial charge in [-0.25, -0.2) is 9.18 Å². The Morgan fingerprint density at radius 2 is 2.14 bits per heavy atom. The van der Waals surface area contributed by atoms with E-state index in [9.17, 15) is 9.18 Å². The zero-order valence-electron chi connectivity index (χ0n) is 11.6. The van der Waals surface area contributed by atoms with Gasteiger partial charge in [0.25, 0.3) is 0 Å². The van der Waals surface area contributed by atoms with Crippen LogP contribution in [0.3, 0.4) is 0 Å². The number of nitriles is 1. The molecule has 8 heteroatoms. The molecule has 2 aromatic rings. The topological polar surface area (TPSA) is 81.0 Å². The van der Waals surface area contributed by atoms with Crippen molar-refractivity contribution in [2.45, 2.75) is 6.92 Å². The maximum Gasteiger partial charge on any atom is 0.357 e. The summed E-state index contributed by atoms with van der Waals surface area (Å²) >= 11 is 6.58. The van der Waals surface area contributed by atoms with E-state index < -0.39 is 11.8 Å². The van der Waals surface area contributed by atoms with Gasteiger partial charge in [0.2, 0.25) is 0 Å². The summed E-state index contributed by atoms with van der Waals surface area (Å²) < 4.78 is 20.7. The van der Waals surface area contributed by atoms with Gasteiger partial charge in [0, 0.05) is 20.7 Å². The molecule has 0 aliphatic heterocycles. The Kier molecular flexibility index (Phi) is 4.58. The van der Waals surface area contributed by atoms with Crippen molar-refractivity contribution in [1.29, 1.82) is 5.26 Å². The van der Waals surface area contributed by atoms with Gasteiger partial charge in [-0.15, -0.1) is 0 Å². The molecule has 0 amide bonds. The molecule has 1 aromatic heterocycles. The largest absolute Gasteiger partial charge is 0.464 e. The van der Waals surface area contributed by atoms with Gasteiger partial charge in [0.1, 0.15) is 11.9 Å². The van der Waals surface area contributed by atoms with Crippen LogP contribution in [0.2, 0.25) is 0 Å². The lowest BCUT2D eigenvalue weighted by Crippen LogP contribution is -2.12. The van der Waals surface area contributed by atoms with Gasteiger partial charge >= 0.3 is 5.97 Å². The number of rotatable bonds is 2. The molecule has 0 saturated heterocycles. The van der Waals surface area contributed by atoms with Gasteiger partial charge in [-0.2, -0.15) is 5.26 Å². The van der Waals surface area contributed by atoms with Crippen LogP contribution in [-0.4, -0.2) is 17.6 Å². The van der Waals surface area contributed by atoms with Crippen LogP contribution in [0.15, 0.2) is 21.2 Å². The zero-order valence-corrected chi connectivity index (χ0v) is 14.7. The van der Waals surface area contributed by atoms with Gasteiger partial charge < -0.3 is 15.0 Å². The summed E-state index contributed by atoms with van der Waals surface area (Å²) in [5.41, 5.74) is 6.80. The highest BCUT2D eigenvalue weighted by atomic mass is 79.9. The number of nitrogens with zero attached hydrogens (tertiary/aromatic N) is 2. The van der Waals surface area contributed by atoms with Gasteiger partial charge in [-0.3, -0.25) is 0 Å². The SMILES string of the molecule is COC(=O)c1c(N)c(C#N)cn1-c1c(Br)cc(F)c(C)c1Br. The molecule has 2 rings (SSSR count). The van der Waals surface area contributed by atoms with Crippen molar-refractivity contribution in [1.82, 2.24) is 4.57 Å². The number of nitrogens with two attached hydrogens (primary N) is 1. The summed E-state index contributed by atoms with van der Waals surface area (Å²) in [6.45, 7) is 1.59. The lowest BCUT2D eigenvalue weighted by molar-refractivity contribution is 0.0593. The standard InChI is InChI=1S/C14H10Br2FN3O2/c1-6-9(17)3-8(15)12(10(6)16)20-5-7(4-18)11(19)13(20)14(21)22-2/h3,5H,19H2,1-2H3. The number of anilines is 1. The first-order valence-electron chi connectivity index (χ1n) is 5.97. The Hall–Kier alpha value is -1.85. The predicted octanol–water partition coefficient (Wildman–Crippen LogP) is 3.69. The van der Waals surface area contributed by atoms with Gasteiger partial charge in [0.05, 0.1) is 24.0 Å².